The number of unbranched alkanes of at least 4 members (excludes halogenated alkanes) is 2. The lowest BCUT2D eigenvalue weighted by Gasteiger charge is -2.47. The number of nitrogens with zero attached hydrogens (tertiary/aromatic N) is 1. The van der Waals surface area contributed by atoms with Gasteiger partial charge in [0.2, 0.25) is 5.91 Å². The topological polar surface area (TPSA) is 116 Å². The van der Waals surface area contributed by atoms with Crippen molar-refractivity contribution in [3.05, 3.63) is 42.5 Å². The number of amides is 1. The molecule has 1 aliphatic rings. The Morgan fingerprint density at radius 1 is 1.26 bits per heavy atom. The van der Waals surface area contributed by atoms with Gasteiger partial charge in [-0.05, 0) is 25.3 Å². The zero-order chi connectivity index (χ0) is 22.8. The molecule has 170 valence electrons. The number of rotatable bonds is 11. The van der Waals surface area contributed by atoms with Gasteiger partial charge < -0.3 is 30.0 Å². The van der Waals surface area contributed by atoms with Crippen molar-refractivity contribution in [2.45, 2.75) is 69.9 Å². The molecule has 1 aromatic rings. The van der Waals surface area contributed by atoms with E-state index in [0.717, 1.165) is 17.5 Å². The Bertz CT molecular complexity index is 768. The third kappa shape index (κ3) is 6.90. The number of hydrogen-bond acceptors (Lipinski definition) is 7. The van der Waals surface area contributed by atoms with Crippen molar-refractivity contribution in [1.82, 2.24) is 5.32 Å². The van der Waals surface area contributed by atoms with Crippen LogP contribution >= 0.6 is 0 Å². The third-order valence-corrected chi connectivity index (χ3v) is 5.39. The van der Waals surface area contributed by atoms with Gasteiger partial charge in [0.15, 0.2) is 0 Å². The summed E-state index contributed by atoms with van der Waals surface area (Å²) in [4.78, 5) is 35.9. The SMILES string of the molecule is C=CC[C@@H]1[C@H](O)[C@H](O)[C@@H](NC(C)=O)CN1c1ccccc1COC(=O)CCCCC=O. The van der Waals surface area contributed by atoms with Crippen LogP contribution in [0.2, 0.25) is 0 Å². The maximum absolute atomic E-state index is 12.0. The molecule has 8 heteroatoms. The molecule has 31 heavy (non-hydrogen) atoms. The molecule has 1 saturated heterocycles. The molecular formula is C23H32N2O6. The predicted molar refractivity (Wildman–Crippen MR) is 116 cm³/mol. The number of para-hydroxylation sites is 1. The van der Waals surface area contributed by atoms with Crippen molar-refractivity contribution in [2.24, 2.45) is 0 Å². The van der Waals surface area contributed by atoms with Gasteiger partial charge in [-0.25, -0.2) is 0 Å². The summed E-state index contributed by atoms with van der Waals surface area (Å²) in [6.07, 6.45) is 2.64. The van der Waals surface area contributed by atoms with Crippen molar-refractivity contribution in [1.29, 1.82) is 0 Å². The standard InChI is InChI=1S/C23H32N2O6/c1-3-9-20-23(30)22(29)18(24-16(2)27)14-25(20)19-11-7-6-10-17(19)15-31-21(28)12-5-4-8-13-26/h3,6-7,10-11,13,18,20,22-23,29-30H,1,4-5,8-9,12,14-15H2,2H3,(H,24,27)/t18-,20+,22+,23-/m0/s1. The maximum atomic E-state index is 12.0. The molecule has 0 spiro atoms. The summed E-state index contributed by atoms with van der Waals surface area (Å²) in [5, 5.41) is 23.9. The van der Waals surface area contributed by atoms with Crippen LogP contribution in [0.5, 0.6) is 0 Å². The lowest BCUT2D eigenvalue weighted by atomic mass is 9.89. The Kier molecular flexibility index (Phi) is 9.68. The van der Waals surface area contributed by atoms with E-state index in [-0.39, 0.29) is 31.4 Å². The zero-order valence-corrected chi connectivity index (χ0v) is 17.9. The van der Waals surface area contributed by atoms with Gasteiger partial charge in [-0.3, -0.25) is 9.59 Å². The summed E-state index contributed by atoms with van der Waals surface area (Å²) in [5.41, 5.74) is 1.51. The highest BCUT2D eigenvalue weighted by Crippen LogP contribution is 2.31. The van der Waals surface area contributed by atoms with E-state index < -0.39 is 24.3 Å². The molecule has 1 heterocycles. The number of benzene rings is 1. The van der Waals surface area contributed by atoms with E-state index in [9.17, 15) is 24.6 Å². The molecule has 0 aliphatic carbocycles. The van der Waals surface area contributed by atoms with Crippen LogP contribution in [0.25, 0.3) is 0 Å². The summed E-state index contributed by atoms with van der Waals surface area (Å²) in [7, 11) is 0. The van der Waals surface area contributed by atoms with Gasteiger partial charge in [0, 0.05) is 37.6 Å². The number of aliphatic hydroxyl groups excluding tert-OH is 2. The van der Waals surface area contributed by atoms with E-state index in [1.807, 2.05) is 29.2 Å². The lowest BCUT2D eigenvalue weighted by Crippen LogP contribution is -2.65. The molecule has 0 saturated carbocycles. The van der Waals surface area contributed by atoms with Crippen LogP contribution in [0.3, 0.4) is 0 Å². The molecule has 1 aliphatic heterocycles. The van der Waals surface area contributed by atoms with Crippen LogP contribution in [-0.4, -0.2) is 59.2 Å². The molecule has 0 bridgehead atoms. The van der Waals surface area contributed by atoms with E-state index in [2.05, 4.69) is 11.9 Å². The smallest absolute Gasteiger partial charge is 0.306 e. The molecule has 4 atom stereocenters. The number of hydrogen-bond donors (Lipinski definition) is 3. The molecule has 1 fully saturated rings. The number of nitrogens with one attached hydrogen (secondary N) is 1. The number of aldehydes is 1. The van der Waals surface area contributed by atoms with Gasteiger partial charge in [0.1, 0.15) is 25.1 Å². The van der Waals surface area contributed by atoms with Crippen LogP contribution in [0.1, 0.15) is 44.6 Å². The van der Waals surface area contributed by atoms with Crippen molar-refractivity contribution in [3.8, 4) is 0 Å². The van der Waals surface area contributed by atoms with Crippen molar-refractivity contribution < 1.29 is 29.3 Å². The minimum atomic E-state index is -1.11. The van der Waals surface area contributed by atoms with E-state index in [1.165, 1.54) is 6.92 Å². The zero-order valence-electron chi connectivity index (χ0n) is 17.9. The van der Waals surface area contributed by atoms with Crippen LogP contribution < -0.4 is 10.2 Å². The summed E-state index contributed by atoms with van der Waals surface area (Å²) in [6, 6.07) is 6.28. The molecule has 0 radical (unpaired) electrons. The minimum Gasteiger partial charge on any atom is -0.461 e. The number of carbonyl (C=O) groups excluding carboxylic acids is 3. The first-order chi connectivity index (χ1) is 14.9. The van der Waals surface area contributed by atoms with Crippen molar-refractivity contribution >= 4 is 23.9 Å². The Labute approximate surface area is 182 Å². The molecular weight excluding hydrogens is 400 g/mol. The molecule has 0 unspecified atom stereocenters. The second-order valence-electron chi connectivity index (χ2n) is 7.73. The molecule has 0 aromatic heterocycles. The normalized spacial score (nSPS) is 23.1. The van der Waals surface area contributed by atoms with Gasteiger partial charge in [-0.1, -0.05) is 24.3 Å². The Morgan fingerprint density at radius 3 is 2.68 bits per heavy atom. The van der Waals surface area contributed by atoms with E-state index >= 15 is 0 Å². The van der Waals surface area contributed by atoms with E-state index in [4.69, 9.17) is 4.74 Å². The van der Waals surface area contributed by atoms with E-state index in [0.29, 0.717) is 25.7 Å². The van der Waals surface area contributed by atoms with Crippen LogP contribution in [-0.2, 0) is 25.7 Å². The van der Waals surface area contributed by atoms with Crippen LogP contribution in [0.4, 0.5) is 5.69 Å². The second-order valence-corrected chi connectivity index (χ2v) is 7.73. The van der Waals surface area contributed by atoms with Crippen LogP contribution in [0, 0.1) is 0 Å². The Morgan fingerprint density at radius 2 is 2.00 bits per heavy atom. The molecule has 8 nitrogen and oxygen atoms in total. The fourth-order valence-electron chi connectivity index (χ4n) is 3.85. The van der Waals surface area contributed by atoms with E-state index in [1.54, 1.807) is 6.08 Å². The highest BCUT2D eigenvalue weighted by atomic mass is 16.5. The molecule has 1 aromatic carbocycles. The average molecular weight is 433 g/mol. The van der Waals surface area contributed by atoms with Gasteiger partial charge in [0.25, 0.3) is 0 Å². The minimum absolute atomic E-state index is 0.0590. The van der Waals surface area contributed by atoms with Gasteiger partial charge in [-0.15, -0.1) is 6.58 Å². The third-order valence-electron chi connectivity index (χ3n) is 5.39. The summed E-state index contributed by atoms with van der Waals surface area (Å²) >= 11 is 0. The fraction of sp³-hybridized carbons (Fsp3) is 0.522. The largest absolute Gasteiger partial charge is 0.461 e. The van der Waals surface area contributed by atoms with Crippen molar-refractivity contribution in [3.63, 3.8) is 0 Å². The maximum Gasteiger partial charge on any atom is 0.306 e. The second kappa shape index (κ2) is 12.2. The molecule has 2 rings (SSSR count). The number of esters is 1. The monoisotopic (exact) mass is 432 g/mol. The first-order valence-corrected chi connectivity index (χ1v) is 10.6. The molecule has 1 amide bonds. The summed E-state index contributed by atoms with van der Waals surface area (Å²) < 4.78 is 5.42. The summed E-state index contributed by atoms with van der Waals surface area (Å²) in [6.45, 7) is 5.46. The first-order valence-electron chi connectivity index (χ1n) is 10.6. The highest BCUT2D eigenvalue weighted by molar-refractivity contribution is 5.73. The quantitative estimate of drug-likeness (QED) is 0.210. The Hall–Kier alpha value is -2.71. The predicted octanol–water partition coefficient (Wildman–Crippen LogP) is 1.48. The number of ether oxygens (including phenoxy) is 1. The Balaban J connectivity index is 2.18. The average Bonchev–Trinajstić information content (AvgIpc) is 2.75. The lowest BCUT2D eigenvalue weighted by molar-refractivity contribution is -0.145. The number of aliphatic hydroxyl groups is 2. The van der Waals surface area contributed by atoms with Crippen molar-refractivity contribution in [2.75, 3.05) is 11.4 Å². The first kappa shape index (κ1) is 24.6. The van der Waals surface area contributed by atoms with Gasteiger partial charge in [-0.2, -0.15) is 0 Å². The van der Waals surface area contributed by atoms with Gasteiger partial charge in [0.05, 0.1) is 12.1 Å². The van der Waals surface area contributed by atoms with Crippen LogP contribution in [0.15, 0.2) is 36.9 Å². The number of carbonyl (C=O) groups is 3. The number of piperidine rings is 1. The summed E-state index contributed by atoms with van der Waals surface area (Å²) in [5.74, 6) is -0.635. The fourth-order valence-corrected chi connectivity index (χ4v) is 3.85. The highest BCUT2D eigenvalue weighted by Gasteiger charge is 2.42. The molecule has 3 N–H and O–H groups in total. The van der Waals surface area contributed by atoms with Gasteiger partial charge >= 0.3 is 5.97 Å². The number of anilines is 1.